The molecule has 0 rings (SSSR count). The first-order valence-corrected chi connectivity index (χ1v) is 40.6. The van der Waals surface area contributed by atoms with Gasteiger partial charge in [-0.15, -0.1) is 0 Å². The number of ether oxygens (including phenoxy) is 1. The minimum atomic E-state index is -0.660. The fourth-order valence-corrected chi connectivity index (χ4v) is 13.1. The van der Waals surface area contributed by atoms with Gasteiger partial charge in [0.2, 0.25) is 5.91 Å². The van der Waals surface area contributed by atoms with E-state index in [1.54, 1.807) is 0 Å². The average Bonchev–Trinajstić information content (AvgIpc) is 3.58. The van der Waals surface area contributed by atoms with Gasteiger partial charge in [0.1, 0.15) is 0 Å². The first-order chi connectivity index (χ1) is 43.5. The van der Waals surface area contributed by atoms with Crippen molar-refractivity contribution in [1.82, 2.24) is 5.32 Å². The molecule has 0 bridgehead atoms. The minimum Gasteiger partial charge on any atom is -0.466 e. The molecule has 3 N–H and O–H groups in total. The van der Waals surface area contributed by atoms with Gasteiger partial charge in [-0.2, -0.15) is 0 Å². The zero-order valence-electron chi connectivity index (χ0n) is 60.0. The van der Waals surface area contributed by atoms with E-state index < -0.39 is 12.1 Å². The Morgan fingerprint density at radius 2 is 0.568 bits per heavy atom. The molecule has 6 heteroatoms. The Hall–Kier alpha value is -1.66. The molecule has 0 spiro atoms. The summed E-state index contributed by atoms with van der Waals surface area (Å²) < 4.78 is 5.50. The lowest BCUT2D eigenvalue weighted by Crippen LogP contribution is -2.45. The van der Waals surface area contributed by atoms with Crippen LogP contribution in [0.3, 0.4) is 0 Å². The van der Waals surface area contributed by atoms with Crippen LogP contribution in [0.25, 0.3) is 0 Å². The molecule has 88 heavy (non-hydrogen) atoms. The normalized spacial score (nSPS) is 12.5. The van der Waals surface area contributed by atoms with E-state index in [9.17, 15) is 19.8 Å². The van der Waals surface area contributed by atoms with Crippen LogP contribution in [-0.2, 0) is 14.3 Å². The van der Waals surface area contributed by atoms with Gasteiger partial charge in [-0.25, -0.2) is 0 Å². The molecule has 0 aromatic rings. The van der Waals surface area contributed by atoms with Crippen LogP contribution in [0.2, 0.25) is 0 Å². The number of carbonyl (C=O) groups excluding carboxylic acids is 2. The molecular formula is C82H159NO5. The molecule has 522 valence electrons. The molecule has 0 aliphatic rings. The summed E-state index contributed by atoms with van der Waals surface area (Å²) in [5, 5.41) is 23.4. The number of carbonyl (C=O) groups is 2. The van der Waals surface area contributed by atoms with Crippen LogP contribution in [-0.4, -0.2) is 47.4 Å². The summed E-state index contributed by atoms with van der Waals surface area (Å²) in [6.07, 6.45) is 100. The largest absolute Gasteiger partial charge is 0.466 e. The van der Waals surface area contributed by atoms with Crippen LogP contribution in [0.1, 0.15) is 463 Å². The molecule has 0 heterocycles. The highest BCUT2D eigenvalue weighted by Gasteiger charge is 2.20. The van der Waals surface area contributed by atoms with Crippen molar-refractivity contribution in [1.29, 1.82) is 0 Å². The molecule has 6 nitrogen and oxygen atoms in total. The van der Waals surface area contributed by atoms with Gasteiger partial charge >= 0.3 is 5.97 Å². The van der Waals surface area contributed by atoms with Crippen molar-refractivity contribution in [2.75, 3.05) is 13.2 Å². The molecule has 0 fully saturated rings. The second kappa shape index (κ2) is 77.8. The molecule has 2 atom stereocenters. The summed E-state index contributed by atoms with van der Waals surface area (Å²) in [7, 11) is 0. The van der Waals surface area contributed by atoms with E-state index in [4.69, 9.17) is 4.74 Å². The Balaban J connectivity index is 3.29. The van der Waals surface area contributed by atoms with Gasteiger partial charge in [-0.1, -0.05) is 417 Å². The summed E-state index contributed by atoms with van der Waals surface area (Å²) in [4.78, 5) is 24.6. The number of aliphatic hydroxyl groups excluding tert-OH is 2. The van der Waals surface area contributed by atoms with Crippen molar-refractivity contribution in [3.05, 3.63) is 24.3 Å². The van der Waals surface area contributed by atoms with Crippen molar-refractivity contribution in [2.24, 2.45) is 0 Å². The number of amides is 1. The van der Waals surface area contributed by atoms with Gasteiger partial charge < -0.3 is 20.3 Å². The summed E-state index contributed by atoms with van der Waals surface area (Å²) >= 11 is 0. The Bertz CT molecular complexity index is 1380. The van der Waals surface area contributed by atoms with Gasteiger partial charge in [-0.3, -0.25) is 9.59 Å². The smallest absolute Gasteiger partial charge is 0.305 e. The van der Waals surface area contributed by atoms with E-state index in [-0.39, 0.29) is 18.5 Å². The topological polar surface area (TPSA) is 95.9 Å². The van der Waals surface area contributed by atoms with Gasteiger partial charge in [0.25, 0.3) is 0 Å². The number of unbranched alkanes of at least 4 members (excludes halogenated alkanes) is 62. The van der Waals surface area contributed by atoms with Crippen molar-refractivity contribution in [3.63, 3.8) is 0 Å². The molecule has 0 saturated carbocycles. The Morgan fingerprint density at radius 1 is 0.318 bits per heavy atom. The number of aliphatic hydroxyl groups is 2. The van der Waals surface area contributed by atoms with Crippen LogP contribution in [0.15, 0.2) is 24.3 Å². The van der Waals surface area contributed by atoms with E-state index in [2.05, 4.69) is 43.5 Å². The van der Waals surface area contributed by atoms with Gasteiger partial charge in [0.15, 0.2) is 0 Å². The van der Waals surface area contributed by atoms with Crippen molar-refractivity contribution < 1.29 is 24.5 Å². The number of allylic oxidation sites excluding steroid dienone is 4. The first kappa shape index (κ1) is 86.3. The van der Waals surface area contributed by atoms with E-state index in [1.165, 1.54) is 379 Å². The maximum absolute atomic E-state index is 12.5. The number of rotatable bonds is 77. The number of hydrogen-bond donors (Lipinski definition) is 3. The molecule has 0 radical (unpaired) electrons. The lowest BCUT2D eigenvalue weighted by Gasteiger charge is -2.22. The Morgan fingerprint density at radius 3 is 0.886 bits per heavy atom. The highest BCUT2D eigenvalue weighted by Crippen LogP contribution is 2.20. The lowest BCUT2D eigenvalue weighted by molar-refractivity contribution is -0.143. The van der Waals surface area contributed by atoms with Crippen molar-refractivity contribution >= 4 is 11.9 Å². The second-order valence-electron chi connectivity index (χ2n) is 28.1. The second-order valence-corrected chi connectivity index (χ2v) is 28.1. The monoisotopic (exact) mass is 1240 g/mol. The molecule has 1 amide bonds. The fraction of sp³-hybridized carbons (Fsp3) is 0.927. The van der Waals surface area contributed by atoms with Crippen LogP contribution in [0.5, 0.6) is 0 Å². The highest BCUT2D eigenvalue weighted by molar-refractivity contribution is 5.76. The third-order valence-corrected chi connectivity index (χ3v) is 19.3. The quantitative estimate of drug-likeness (QED) is 0.0320. The molecule has 2 unspecified atom stereocenters. The summed E-state index contributed by atoms with van der Waals surface area (Å²) in [6.45, 7) is 4.97. The SMILES string of the molecule is CCCCC/C=C\C/C=C\CCCCCCCC(=O)OCCCCCCCCCCCCCCCCCCCCCCCCCCCCCCCCCCCCCCCCCC(=O)NC(CO)C(O)CCCCCCCCCCCCCCCCCCC. The van der Waals surface area contributed by atoms with Crippen molar-refractivity contribution in [2.45, 2.75) is 475 Å². The van der Waals surface area contributed by atoms with E-state index in [1.807, 2.05) is 0 Å². The van der Waals surface area contributed by atoms with Crippen LogP contribution in [0, 0.1) is 0 Å². The fourth-order valence-electron chi connectivity index (χ4n) is 13.1. The zero-order chi connectivity index (χ0) is 63.5. The Labute approximate surface area is 551 Å². The summed E-state index contributed by atoms with van der Waals surface area (Å²) in [5.41, 5.74) is 0. The summed E-state index contributed by atoms with van der Waals surface area (Å²) in [5.74, 6) is -0.0136. The first-order valence-electron chi connectivity index (χ1n) is 40.6. The lowest BCUT2D eigenvalue weighted by atomic mass is 10.0. The van der Waals surface area contributed by atoms with E-state index >= 15 is 0 Å². The third kappa shape index (κ3) is 73.4. The maximum Gasteiger partial charge on any atom is 0.305 e. The molecule has 0 aliphatic heterocycles. The number of nitrogens with one attached hydrogen (secondary N) is 1. The average molecular weight is 1240 g/mol. The van der Waals surface area contributed by atoms with Crippen LogP contribution in [0.4, 0.5) is 0 Å². The maximum atomic E-state index is 12.5. The third-order valence-electron chi connectivity index (χ3n) is 19.3. The van der Waals surface area contributed by atoms with Gasteiger partial charge in [0.05, 0.1) is 25.4 Å². The molecule has 0 aromatic heterocycles. The molecule has 0 aliphatic carbocycles. The number of hydrogen-bond acceptors (Lipinski definition) is 5. The minimum absolute atomic E-state index is 0.0108. The predicted molar refractivity (Wildman–Crippen MR) is 389 cm³/mol. The highest BCUT2D eigenvalue weighted by atomic mass is 16.5. The molecule has 0 aromatic carbocycles. The van der Waals surface area contributed by atoms with Crippen LogP contribution < -0.4 is 5.32 Å². The Kier molecular flexibility index (Phi) is 76.3. The van der Waals surface area contributed by atoms with Crippen molar-refractivity contribution in [3.8, 4) is 0 Å². The molecule has 0 saturated heterocycles. The number of esters is 1. The van der Waals surface area contributed by atoms with Gasteiger partial charge in [0, 0.05) is 12.8 Å². The van der Waals surface area contributed by atoms with Crippen LogP contribution >= 0.6 is 0 Å². The van der Waals surface area contributed by atoms with E-state index in [0.29, 0.717) is 25.9 Å². The molecular weight excluding hydrogens is 1080 g/mol. The summed E-state index contributed by atoms with van der Waals surface area (Å²) in [6, 6.07) is -0.537. The predicted octanol–water partition coefficient (Wildman–Crippen LogP) is 26.8. The zero-order valence-corrected chi connectivity index (χ0v) is 60.0. The van der Waals surface area contributed by atoms with E-state index in [0.717, 1.165) is 51.4 Å². The van der Waals surface area contributed by atoms with Gasteiger partial charge in [-0.05, 0) is 57.8 Å². The standard InChI is InChI=1S/C82H159NO5/c1-3-5-7-9-11-13-15-17-19-43-47-50-54-58-62-66-70-74-80(85)79(78-84)83-81(86)75-71-67-63-59-55-51-48-44-41-39-37-35-33-31-29-27-25-23-21-20-22-24-26-28-30-32-34-36-38-40-42-45-49-53-57-61-65-69-73-77-88-82(87)76-72-68-64-60-56-52-46-18-16-14-12-10-8-6-4-2/h12,14,18,46,79-80,84-85H,3-11,13,15-17,19-45,47-78H2,1-2H3,(H,83,86)/b14-12-,46-18-.